The smallest absolute Gasteiger partial charge is 0.223 e. The molecule has 1 atom stereocenters. The summed E-state index contributed by atoms with van der Waals surface area (Å²) < 4.78 is 0. The Balaban J connectivity index is 1.67. The molecular formula is C20H21N3O. The lowest BCUT2D eigenvalue weighted by atomic mass is 10.0. The van der Waals surface area contributed by atoms with Crippen molar-refractivity contribution in [1.82, 2.24) is 14.9 Å². The Labute approximate surface area is 141 Å². The summed E-state index contributed by atoms with van der Waals surface area (Å²) in [5.41, 5.74) is 2.16. The zero-order valence-corrected chi connectivity index (χ0v) is 14.0. The molecule has 1 saturated heterocycles. The van der Waals surface area contributed by atoms with Crippen LogP contribution in [0.1, 0.15) is 32.0 Å². The number of aromatic amines is 1. The molecule has 0 radical (unpaired) electrons. The van der Waals surface area contributed by atoms with Crippen molar-refractivity contribution in [3.63, 3.8) is 0 Å². The van der Waals surface area contributed by atoms with E-state index in [-0.39, 0.29) is 17.9 Å². The van der Waals surface area contributed by atoms with E-state index in [0.29, 0.717) is 6.42 Å². The highest BCUT2D eigenvalue weighted by atomic mass is 16.2. The summed E-state index contributed by atoms with van der Waals surface area (Å²) >= 11 is 0. The van der Waals surface area contributed by atoms with Gasteiger partial charge in [0.1, 0.15) is 5.82 Å². The standard InChI is InChI=1S/C20H21N3O/c1-13(2)23-12-15(10-19(23)24)20-21-11-18(22-20)17-9-5-7-14-6-3-4-8-16(14)17/h3-9,11,13,15H,10,12H2,1-2H3,(H,21,22)/t15-/m0/s1. The van der Waals surface area contributed by atoms with Crippen LogP contribution in [0.2, 0.25) is 0 Å². The molecule has 1 aliphatic rings. The van der Waals surface area contributed by atoms with Crippen molar-refractivity contribution < 1.29 is 4.79 Å². The van der Waals surface area contributed by atoms with Gasteiger partial charge in [-0.15, -0.1) is 0 Å². The van der Waals surface area contributed by atoms with Gasteiger partial charge in [0.05, 0.1) is 11.9 Å². The molecule has 0 aliphatic carbocycles. The number of likely N-dealkylation sites (tertiary alicyclic amines) is 1. The van der Waals surface area contributed by atoms with Crippen LogP contribution in [0.4, 0.5) is 0 Å². The van der Waals surface area contributed by atoms with Crippen molar-refractivity contribution in [2.45, 2.75) is 32.2 Å². The lowest BCUT2D eigenvalue weighted by molar-refractivity contribution is -0.129. The summed E-state index contributed by atoms with van der Waals surface area (Å²) in [6.07, 6.45) is 2.43. The van der Waals surface area contributed by atoms with Gasteiger partial charge < -0.3 is 9.88 Å². The van der Waals surface area contributed by atoms with Crippen LogP contribution in [0, 0.1) is 0 Å². The van der Waals surface area contributed by atoms with Crippen LogP contribution in [0.15, 0.2) is 48.7 Å². The summed E-state index contributed by atoms with van der Waals surface area (Å²) in [7, 11) is 0. The quantitative estimate of drug-likeness (QED) is 0.794. The number of hydrogen-bond acceptors (Lipinski definition) is 2. The minimum absolute atomic E-state index is 0.156. The third kappa shape index (κ3) is 2.48. The molecular weight excluding hydrogens is 298 g/mol. The van der Waals surface area contributed by atoms with Crippen molar-refractivity contribution in [3.05, 3.63) is 54.5 Å². The molecule has 0 bridgehead atoms. The van der Waals surface area contributed by atoms with E-state index in [0.717, 1.165) is 23.6 Å². The molecule has 24 heavy (non-hydrogen) atoms. The van der Waals surface area contributed by atoms with Crippen molar-refractivity contribution in [2.24, 2.45) is 0 Å². The average molecular weight is 319 g/mol. The van der Waals surface area contributed by atoms with Crippen LogP contribution in [0.25, 0.3) is 22.0 Å². The lowest BCUT2D eigenvalue weighted by Crippen LogP contribution is -2.31. The average Bonchev–Trinajstić information content (AvgIpc) is 3.21. The number of fused-ring (bicyclic) bond motifs is 1. The Kier molecular flexibility index (Phi) is 3.60. The second-order valence-electron chi connectivity index (χ2n) is 6.75. The van der Waals surface area contributed by atoms with E-state index >= 15 is 0 Å². The monoisotopic (exact) mass is 319 g/mol. The van der Waals surface area contributed by atoms with Crippen LogP contribution in [-0.4, -0.2) is 33.4 Å². The Hall–Kier alpha value is -2.62. The Morgan fingerprint density at radius 2 is 1.96 bits per heavy atom. The number of carbonyl (C=O) groups excluding carboxylic acids is 1. The number of hydrogen-bond donors (Lipinski definition) is 1. The predicted molar refractivity (Wildman–Crippen MR) is 95.7 cm³/mol. The first-order chi connectivity index (χ1) is 11.6. The van der Waals surface area contributed by atoms with Gasteiger partial charge in [-0.05, 0) is 24.6 Å². The molecule has 3 aromatic rings. The van der Waals surface area contributed by atoms with Crippen LogP contribution in [0.5, 0.6) is 0 Å². The molecule has 0 unspecified atom stereocenters. The number of rotatable bonds is 3. The highest BCUT2D eigenvalue weighted by Crippen LogP contribution is 2.31. The first kappa shape index (κ1) is 14.9. The molecule has 1 N–H and O–H groups in total. The molecule has 1 fully saturated rings. The maximum Gasteiger partial charge on any atom is 0.223 e. The van der Waals surface area contributed by atoms with Gasteiger partial charge in [-0.25, -0.2) is 4.98 Å². The van der Waals surface area contributed by atoms with Crippen molar-refractivity contribution in [1.29, 1.82) is 0 Å². The molecule has 0 saturated carbocycles. The SMILES string of the molecule is CC(C)N1C[C@@H](c2ncc(-c3cccc4ccccc34)[nH]2)CC1=O. The van der Waals surface area contributed by atoms with Crippen LogP contribution in [-0.2, 0) is 4.79 Å². The van der Waals surface area contributed by atoms with Crippen molar-refractivity contribution in [3.8, 4) is 11.3 Å². The molecule has 1 aromatic heterocycles. The minimum atomic E-state index is 0.156. The number of nitrogens with one attached hydrogen (secondary N) is 1. The van der Waals surface area contributed by atoms with E-state index in [1.165, 1.54) is 10.8 Å². The maximum atomic E-state index is 12.1. The van der Waals surface area contributed by atoms with E-state index in [9.17, 15) is 4.79 Å². The molecule has 2 aromatic carbocycles. The molecule has 122 valence electrons. The highest BCUT2D eigenvalue weighted by Gasteiger charge is 2.33. The predicted octanol–water partition coefficient (Wildman–Crippen LogP) is 3.95. The van der Waals surface area contributed by atoms with Gasteiger partial charge in [-0.1, -0.05) is 42.5 Å². The zero-order chi connectivity index (χ0) is 16.7. The Bertz CT molecular complexity index is 891. The van der Waals surface area contributed by atoms with E-state index in [1.807, 2.05) is 11.1 Å². The van der Waals surface area contributed by atoms with Gasteiger partial charge in [0.25, 0.3) is 0 Å². The van der Waals surface area contributed by atoms with Crippen LogP contribution < -0.4 is 0 Å². The molecule has 2 heterocycles. The second-order valence-corrected chi connectivity index (χ2v) is 6.75. The second kappa shape index (κ2) is 5.78. The molecule has 4 rings (SSSR count). The van der Waals surface area contributed by atoms with Gasteiger partial charge in [0.15, 0.2) is 0 Å². The fourth-order valence-corrected chi connectivity index (χ4v) is 3.56. The number of aromatic nitrogens is 2. The van der Waals surface area contributed by atoms with Crippen LogP contribution in [0.3, 0.4) is 0 Å². The number of benzene rings is 2. The number of imidazole rings is 1. The topological polar surface area (TPSA) is 49.0 Å². The Morgan fingerprint density at radius 3 is 2.75 bits per heavy atom. The van der Waals surface area contributed by atoms with Gasteiger partial charge >= 0.3 is 0 Å². The number of carbonyl (C=O) groups is 1. The molecule has 4 heteroatoms. The first-order valence-electron chi connectivity index (χ1n) is 8.46. The molecule has 4 nitrogen and oxygen atoms in total. The normalized spacial score (nSPS) is 18.0. The van der Waals surface area contributed by atoms with Crippen molar-refractivity contribution >= 4 is 16.7 Å². The molecule has 1 amide bonds. The fraction of sp³-hybridized carbons (Fsp3) is 0.300. The van der Waals surface area contributed by atoms with Crippen LogP contribution >= 0.6 is 0 Å². The summed E-state index contributed by atoms with van der Waals surface area (Å²) in [5, 5.41) is 2.43. The van der Waals surface area contributed by atoms with Gasteiger partial charge in [-0.2, -0.15) is 0 Å². The minimum Gasteiger partial charge on any atom is -0.342 e. The summed E-state index contributed by atoms with van der Waals surface area (Å²) in [6, 6.07) is 14.9. The number of H-pyrrole nitrogens is 1. The first-order valence-corrected chi connectivity index (χ1v) is 8.46. The number of amides is 1. The van der Waals surface area contributed by atoms with E-state index < -0.39 is 0 Å². The van der Waals surface area contributed by atoms with Crippen molar-refractivity contribution in [2.75, 3.05) is 6.54 Å². The third-order valence-electron chi connectivity index (χ3n) is 4.84. The van der Waals surface area contributed by atoms with Gasteiger partial charge in [-0.3, -0.25) is 4.79 Å². The van der Waals surface area contributed by atoms with E-state index in [1.54, 1.807) is 0 Å². The molecule has 0 spiro atoms. The molecule has 1 aliphatic heterocycles. The summed E-state index contributed by atoms with van der Waals surface area (Å²) in [4.78, 5) is 22.1. The Morgan fingerprint density at radius 1 is 1.17 bits per heavy atom. The van der Waals surface area contributed by atoms with Gasteiger partial charge in [0.2, 0.25) is 5.91 Å². The largest absolute Gasteiger partial charge is 0.342 e. The lowest BCUT2D eigenvalue weighted by Gasteiger charge is -2.20. The fourth-order valence-electron chi connectivity index (χ4n) is 3.56. The summed E-state index contributed by atoms with van der Waals surface area (Å²) in [5.74, 6) is 1.29. The highest BCUT2D eigenvalue weighted by molar-refractivity contribution is 5.95. The van der Waals surface area contributed by atoms with E-state index in [2.05, 4.69) is 66.3 Å². The third-order valence-corrected chi connectivity index (χ3v) is 4.84. The zero-order valence-electron chi connectivity index (χ0n) is 14.0. The maximum absolute atomic E-state index is 12.1. The van der Waals surface area contributed by atoms with Gasteiger partial charge in [0, 0.05) is 30.5 Å². The summed E-state index contributed by atoms with van der Waals surface area (Å²) in [6.45, 7) is 4.87. The number of nitrogens with zero attached hydrogens (tertiary/aromatic N) is 2. The van der Waals surface area contributed by atoms with E-state index in [4.69, 9.17) is 0 Å².